The van der Waals surface area contributed by atoms with Crippen LogP contribution < -0.4 is 30.9 Å². The number of hydrogen-bond donors (Lipinski definition) is 4. The second kappa shape index (κ2) is 11.9. The Hall–Kier alpha value is -3.82. The molecule has 0 saturated heterocycles. The molecule has 266 valence electrons. The molecule has 5 heterocycles. The zero-order valence-corrected chi connectivity index (χ0v) is 30.6. The fourth-order valence-electron chi connectivity index (χ4n) is 8.15. The van der Waals surface area contributed by atoms with E-state index in [4.69, 9.17) is 15.5 Å². The Bertz CT molecular complexity index is 2390. The molecule has 4 aliphatic rings. The first-order valence-corrected chi connectivity index (χ1v) is 20.1. The molecule has 4 aliphatic heterocycles. The maximum Gasteiger partial charge on any atom is 0.300 e. The van der Waals surface area contributed by atoms with Gasteiger partial charge in [0.05, 0.1) is 22.4 Å². The van der Waals surface area contributed by atoms with Crippen LogP contribution in [0.5, 0.6) is 11.5 Å². The van der Waals surface area contributed by atoms with Gasteiger partial charge in [-0.05, 0) is 75.4 Å². The molecule has 0 atom stereocenters. The standard InChI is InChI=1S/C36H43N5O7S2/c1-6-21-19-36(4,5)41-14-9-10-23-30(41)25(21)17-26-28(34-38-12-15-40(34)13-8-7-11-37)27-16-24-22(20-49(42,43)44)18-35(2,3)39-29(24)33(50(45,46)47)32(27)48-31(23)26/h12,15-19H,6-11,13-14,20,37H2,1-5H3,(H2,42,43,44,45,46,47)/p+1. The van der Waals surface area contributed by atoms with Crippen LogP contribution in [0.2, 0.25) is 0 Å². The average Bonchev–Trinajstić information content (AvgIpc) is 3.47. The highest BCUT2D eigenvalue weighted by Gasteiger charge is 2.42. The Morgan fingerprint density at radius 2 is 1.78 bits per heavy atom. The number of aryl methyl sites for hydroxylation is 1. The predicted octanol–water partition coefficient (Wildman–Crippen LogP) is 3.72. The zero-order valence-electron chi connectivity index (χ0n) is 29.0. The number of nitrogens with zero attached hydrogens (tertiary/aromatic N) is 3. The smallest absolute Gasteiger partial charge is 0.300 e. The first-order valence-electron chi connectivity index (χ1n) is 17.0. The molecular weight excluding hydrogens is 679 g/mol. The van der Waals surface area contributed by atoms with E-state index in [-0.39, 0.29) is 28.1 Å². The van der Waals surface area contributed by atoms with Crippen molar-refractivity contribution < 1.29 is 30.7 Å². The number of allylic oxidation sites excluding steroid dienone is 1. The van der Waals surface area contributed by atoms with E-state index in [0.29, 0.717) is 42.2 Å². The van der Waals surface area contributed by atoms with Crippen molar-refractivity contribution in [2.75, 3.05) is 24.2 Å². The fourth-order valence-corrected chi connectivity index (χ4v) is 9.58. The lowest BCUT2D eigenvalue weighted by atomic mass is 9.83. The van der Waals surface area contributed by atoms with Crippen LogP contribution in [0.25, 0.3) is 16.7 Å². The van der Waals surface area contributed by atoms with E-state index in [9.17, 15) is 25.9 Å². The number of rotatable bonds is 9. The van der Waals surface area contributed by atoms with Crippen LogP contribution in [0, 0.1) is 0 Å². The monoisotopic (exact) mass is 722 g/mol. The Morgan fingerprint density at radius 1 is 1.02 bits per heavy atom. The molecule has 3 aromatic rings. The summed E-state index contributed by atoms with van der Waals surface area (Å²) in [4.78, 5) is 4.31. The SMILES string of the molecule is CCC1=CC(C)(C)[N+]2=c3c1cc1c(c3CCC2)Oc2c(cc3c(c2S(=O)(=O)O)NC(C)(C)C=C3CS(=O)(=O)O)C=1c1nccn1CCCCN. The van der Waals surface area contributed by atoms with E-state index in [1.807, 2.05) is 10.8 Å². The van der Waals surface area contributed by atoms with Crippen LogP contribution in [0.4, 0.5) is 5.69 Å². The number of nitrogens with two attached hydrogens (primary N) is 1. The number of ether oxygens (including phenoxy) is 1. The lowest BCUT2D eigenvalue weighted by molar-refractivity contribution is 0.361. The summed E-state index contributed by atoms with van der Waals surface area (Å²) in [5, 5.41) is 4.98. The van der Waals surface area contributed by atoms with E-state index >= 15 is 0 Å². The van der Waals surface area contributed by atoms with Crippen molar-refractivity contribution in [2.24, 2.45) is 5.73 Å². The van der Waals surface area contributed by atoms with Crippen LogP contribution in [-0.2, 0) is 33.2 Å². The van der Waals surface area contributed by atoms with Gasteiger partial charge in [-0.25, -0.2) is 9.56 Å². The zero-order chi connectivity index (χ0) is 36.0. The van der Waals surface area contributed by atoms with Gasteiger partial charge in [0.2, 0.25) is 5.36 Å². The molecule has 1 aromatic heterocycles. The van der Waals surface area contributed by atoms with E-state index < -0.39 is 36.4 Å². The molecule has 0 amide bonds. The van der Waals surface area contributed by atoms with Crippen molar-refractivity contribution in [3.63, 3.8) is 0 Å². The summed E-state index contributed by atoms with van der Waals surface area (Å²) in [6.07, 6.45) is 11.5. The molecule has 12 nitrogen and oxygen atoms in total. The number of nitrogens with one attached hydrogen (secondary N) is 1. The molecule has 0 bridgehead atoms. The topological polar surface area (TPSA) is 177 Å². The summed E-state index contributed by atoms with van der Waals surface area (Å²) in [7, 11) is -9.52. The van der Waals surface area contributed by atoms with Gasteiger partial charge in [0.25, 0.3) is 20.2 Å². The minimum atomic E-state index is -4.99. The molecule has 0 aliphatic carbocycles. The van der Waals surface area contributed by atoms with Gasteiger partial charge in [0.15, 0.2) is 16.2 Å². The minimum absolute atomic E-state index is 0.00273. The maximum absolute atomic E-state index is 13.5. The Balaban J connectivity index is 1.67. The number of hydrogen-bond acceptors (Lipinski definition) is 8. The van der Waals surface area contributed by atoms with Gasteiger partial charge in [0.1, 0.15) is 23.9 Å². The van der Waals surface area contributed by atoms with E-state index in [2.05, 4.69) is 42.8 Å². The number of fused-ring (bicyclic) bond motifs is 4. The van der Waals surface area contributed by atoms with Crippen molar-refractivity contribution in [1.29, 1.82) is 0 Å². The summed E-state index contributed by atoms with van der Waals surface area (Å²) in [6.45, 7) is 12.0. The van der Waals surface area contributed by atoms with E-state index in [1.54, 1.807) is 32.2 Å². The maximum atomic E-state index is 13.5. The number of unbranched alkanes of at least 4 members (excludes halogenated alkanes) is 1. The molecule has 14 heteroatoms. The summed E-state index contributed by atoms with van der Waals surface area (Å²) in [6, 6.07) is 3.80. The van der Waals surface area contributed by atoms with Crippen LogP contribution in [0.1, 0.15) is 88.4 Å². The van der Waals surface area contributed by atoms with E-state index in [0.717, 1.165) is 53.9 Å². The second-order valence-corrected chi connectivity index (χ2v) is 17.5. The van der Waals surface area contributed by atoms with Gasteiger partial charge in [-0.3, -0.25) is 9.11 Å². The third-order valence-corrected chi connectivity index (χ3v) is 11.7. The van der Waals surface area contributed by atoms with Crippen LogP contribution in [0.3, 0.4) is 0 Å². The summed E-state index contributed by atoms with van der Waals surface area (Å²) >= 11 is 0. The third kappa shape index (κ3) is 5.80. The molecule has 7 rings (SSSR count). The highest BCUT2D eigenvalue weighted by Crippen LogP contribution is 2.50. The minimum Gasteiger partial charge on any atom is -0.454 e. The third-order valence-electron chi connectivity index (χ3n) is 10.1. The van der Waals surface area contributed by atoms with Gasteiger partial charge in [-0.1, -0.05) is 13.0 Å². The van der Waals surface area contributed by atoms with Crippen LogP contribution >= 0.6 is 0 Å². The number of anilines is 1. The average molecular weight is 723 g/mol. The van der Waals surface area contributed by atoms with Gasteiger partial charge in [-0.2, -0.15) is 16.8 Å². The lowest BCUT2D eigenvalue weighted by Crippen LogP contribution is -2.53. The number of aromatic nitrogens is 2. The molecule has 0 unspecified atom stereocenters. The largest absolute Gasteiger partial charge is 0.454 e. The molecule has 0 spiro atoms. The summed E-state index contributed by atoms with van der Waals surface area (Å²) < 4.78 is 83.8. The normalized spacial score (nSPS) is 18.6. The van der Waals surface area contributed by atoms with Crippen LogP contribution in [-0.4, -0.2) is 65.4 Å². The Morgan fingerprint density at radius 3 is 2.46 bits per heavy atom. The van der Waals surface area contributed by atoms with Gasteiger partial charge in [-0.15, -0.1) is 0 Å². The first kappa shape index (κ1) is 34.6. The van der Waals surface area contributed by atoms with Crippen molar-refractivity contribution in [3.8, 4) is 11.5 Å². The molecule has 0 fully saturated rings. The van der Waals surface area contributed by atoms with Crippen molar-refractivity contribution >= 4 is 42.6 Å². The van der Waals surface area contributed by atoms with Crippen LogP contribution in [0.15, 0.2) is 41.6 Å². The summed E-state index contributed by atoms with van der Waals surface area (Å²) in [5.41, 5.74) is 9.16. The fraction of sp³-hybridized carbons (Fsp3) is 0.444. The Kier molecular flexibility index (Phi) is 8.22. The number of benzene rings is 2. The molecule has 0 radical (unpaired) electrons. The first-order chi connectivity index (χ1) is 23.4. The van der Waals surface area contributed by atoms with Crippen molar-refractivity contribution in [1.82, 2.24) is 14.1 Å². The number of imidazole rings is 1. The van der Waals surface area contributed by atoms with E-state index in [1.165, 1.54) is 5.57 Å². The molecular formula is C36H44N5O7S2+. The second-order valence-electron chi connectivity index (χ2n) is 14.7. The molecule has 5 N–H and O–H groups in total. The lowest BCUT2D eigenvalue weighted by Gasteiger charge is -2.35. The summed E-state index contributed by atoms with van der Waals surface area (Å²) in [5.74, 6) is 0.241. The molecule has 0 saturated carbocycles. The predicted molar refractivity (Wildman–Crippen MR) is 193 cm³/mol. The van der Waals surface area contributed by atoms with Gasteiger partial charge >= 0.3 is 0 Å². The van der Waals surface area contributed by atoms with Gasteiger partial charge in [0, 0.05) is 61.1 Å². The molecule has 2 aromatic carbocycles. The quantitative estimate of drug-likeness (QED) is 0.113. The molecule has 50 heavy (non-hydrogen) atoms. The van der Waals surface area contributed by atoms with Crippen molar-refractivity contribution in [3.05, 3.63) is 75.3 Å². The Labute approximate surface area is 292 Å². The van der Waals surface area contributed by atoms with Crippen molar-refractivity contribution in [2.45, 2.75) is 89.2 Å². The highest BCUT2D eigenvalue weighted by atomic mass is 32.2. The van der Waals surface area contributed by atoms with Gasteiger partial charge < -0.3 is 20.4 Å². The highest BCUT2D eigenvalue weighted by molar-refractivity contribution is 7.86.